The van der Waals surface area contributed by atoms with Crippen LogP contribution in [0.25, 0.3) is 0 Å². The largest absolute Gasteiger partial charge is 0.494 e. The third-order valence-corrected chi connectivity index (χ3v) is 9.34. The highest BCUT2D eigenvalue weighted by Crippen LogP contribution is 2.62. The maximum atomic E-state index is 13.2. The van der Waals surface area contributed by atoms with Crippen molar-refractivity contribution in [3.63, 3.8) is 0 Å². The van der Waals surface area contributed by atoms with Gasteiger partial charge in [0.25, 0.3) is 0 Å². The van der Waals surface area contributed by atoms with Crippen LogP contribution in [0.2, 0.25) is 0 Å². The van der Waals surface area contributed by atoms with Crippen molar-refractivity contribution in [2.45, 2.75) is 98.3 Å². The lowest BCUT2D eigenvalue weighted by atomic mass is 9.53. The normalized spacial score (nSPS) is 30.6. The molecule has 5 unspecified atom stereocenters. The quantitative estimate of drug-likeness (QED) is 0.357. The summed E-state index contributed by atoms with van der Waals surface area (Å²) >= 11 is 0. The van der Waals surface area contributed by atoms with Gasteiger partial charge in [-0.25, -0.2) is 0 Å². The van der Waals surface area contributed by atoms with Crippen LogP contribution >= 0.6 is 0 Å². The zero-order valence-corrected chi connectivity index (χ0v) is 22.7. The van der Waals surface area contributed by atoms with E-state index in [-0.39, 0.29) is 5.41 Å². The van der Waals surface area contributed by atoms with Crippen molar-refractivity contribution in [1.29, 1.82) is 0 Å². The van der Waals surface area contributed by atoms with E-state index in [2.05, 4.69) is 77.1 Å². The maximum absolute atomic E-state index is 13.2. The minimum absolute atomic E-state index is 0.174. The summed E-state index contributed by atoms with van der Waals surface area (Å²) in [6.45, 7) is 12.0. The van der Waals surface area contributed by atoms with Crippen molar-refractivity contribution in [2.24, 2.45) is 23.2 Å². The Kier molecular flexibility index (Phi) is 8.40. The van der Waals surface area contributed by atoms with Gasteiger partial charge in [-0.2, -0.15) is 0 Å². The first-order valence-corrected chi connectivity index (χ1v) is 14.2. The van der Waals surface area contributed by atoms with Crippen molar-refractivity contribution in [1.82, 2.24) is 0 Å². The van der Waals surface area contributed by atoms with Crippen LogP contribution in [-0.4, -0.2) is 12.4 Å². The summed E-state index contributed by atoms with van der Waals surface area (Å²) in [4.78, 5) is 13.2. The van der Waals surface area contributed by atoms with Crippen molar-refractivity contribution in [2.75, 3.05) is 6.61 Å². The van der Waals surface area contributed by atoms with Gasteiger partial charge in [0, 0.05) is 17.8 Å². The molecule has 0 heterocycles. The van der Waals surface area contributed by atoms with Gasteiger partial charge in [0.15, 0.2) is 0 Å². The molecule has 0 N–H and O–H groups in total. The topological polar surface area (TPSA) is 26.3 Å². The Morgan fingerprint density at radius 3 is 2.60 bits per heavy atom. The molecule has 1 aromatic rings. The Balaban J connectivity index is 1.71. The van der Waals surface area contributed by atoms with Gasteiger partial charge in [0.05, 0.1) is 6.61 Å². The lowest BCUT2D eigenvalue weighted by Gasteiger charge is -2.50. The predicted octanol–water partition coefficient (Wildman–Crippen LogP) is 8.98. The smallest absolute Gasteiger partial charge is 0.139 e. The fourth-order valence-corrected chi connectivity index (χ4v) is 7.08. The molecule has 0 saturated heterocycles. The number of hydrogen-bond donors (Lipinski definition) is 0. The number of carbonyl (C=O) groups excluding carboxylic acids is 1. The van der Waals surface area contributed by atoms with Crippen LogP contribution in [0.15, 0.2) is 59.2 Å². The number of benzene rings is 1. The third-order valence-electron chi connectivity index (χ3n) is 9.34. The summed E-state index contributed by atoms with van der Waals surface area (Å²) in [6, 6.07) is 8.88. The van der Waals surface area contributed by atoms with Crippen molar-refractivity contribution in [3.8, 4) is 5.75 Å². The van der Waals surface area contributed by atoms with Crippen molar-refractivity contribution in [3.05, 3.63) is 64.8 Å². The Morgan fingerprint density at radius 2 is 1.91 bits per heavy atom. The second kappa shape index (κ2) is 11.3. The summed E-state index contributed by atoms with van der Waals surface area (Å²) in [5.41, 5.74) is 5.98. The van der Waals surface area contributed by atoms with Gasteiger partial charge in [-0.15, -0.1) is 0 Å². The summed E-state index contributed by atoms with van der Waals surface area (Å²) in [5.74, 6) is 3.55. The minimum Gasteiger partial charge on any atom is -0.494 e. The number of ketones is 1. The fraction of sp³-hybridized carbons (Fsp3) is 0.606. The summed E-state index contributed by atoms with van der Waals surface area (Å²) in [7, 11) is 0. The first-order valence-electron chi connectivity index (χ1n) is 14.2. The Hall–Kier alpha value is -2.09. The Labute approximate surface area is 213 Å². The molecular weight excluding hydrogens is 428 g/mol. The molecule has 0 spiro atoms. The molecular formula is C33H46O2. The molecule has 0 aliphatic heterocycles. The van der Waals surface area contributed by atoms with E-state index in [1.807, 2.05) is 0 Å². The van der Waals surface area contributed by atoms with Gasteiger partial charge in [-0.1, -0.05) is 76.5 Å². The van der Waals surface area contributed by atoms with Crippen molar-refractivity contribution < 1.29 is 9.53 Å². The number of fused-ring (bicyclic) bond motifs is 3. The number of rotatable bonds is 9. The minimum atomic E-state index is -0.174. The van der Waals surface area contributed by atoms with E-state index in [0.29, 0.717) is 29.5 Å². The van der Waals surface area contributed by atoms with Gasteiger partial charge in [0.2, 0.25) is 0 Å². The van der Waals surface area contributed by atoms with Crippen LogP contribution in [0.1, 0.15) is 104 Å². The molecule has 0 aromatic heterocycles. The molecule has 0 radical (unpaired) electrons. The maximum Gasteiger partial charge on any atom is 0.139 e. The zero-order chi connectivity index (χ0) is 25.0. The van der Waals surface area contributed by atoms with E-state index in [0.717, 1.165) is 57.3 Å². The summed E-state index contributed by atoms with van der Waals surface area (Å²) < 4.78 is 6.07. The van der Waals surface area contributed by atoms with Crippen LogP contribution in [0.5, 0.6) is 5.75 Å². The molecule has 0 amide bonds. The van der Waals surface area contributed by atoms with Gasteiger partial charge in [0.1, 0.15) is 11.5 Å². The Bertz CT molecular complexity index is 979. The monoisotopic (exact) mass is 474 g/mol. The average Bonchev–Trinajstić information content (AvgIpc) is 3.17. The van der Waals surface area contributed by atoms with Crippen LogP contribution in [0.3, 0.4) is 0 Å². The second-order valence-electron chi connectivity index (χ2n) is 11.5. The highest BCUT2D eigenvalue weighted by molar-refractivity contribution is 5.87. The molecule has 3 aliphatic carbocycles. The van der Waals surface area contributed by atoms with Gasteiger partial charge in [-0.05, 0) is 92.0 Å². The van der Waals surface area contributed by atoms with Gasteiger partial charge >= 0.3 is 0 Å². The van der Waals surface area contributed by atoms with Gasteiger partial charge < -0.3 is 4.74 Å². The summed E-state index contributed by atoms with van der Waals surface area (Å²) in [5, 5.41) is 0. The summed E-state index contributed by atoms with van der Waals surface area (Å²) in [6.07, 6.45) is 16.4. The molecule has 1 aromatic carbocycles. The molecule has 190 valence electrons. The van der Waals surface area contributed by atoms with Gasteiger partial charge in [-0.3, -0.25) is 4.79 Å². The van der Waals surface area contributed by atoms with E-state index in [4.69, 9.17) is 4.74 Å². The molecule has 2 heteroatoms. The molecule has 0 bridgehead atoms. The standard InChI is InChI=1S/C33H46O2/c1-6-9-11-24-14-17-28-30-18-19-31(34)33(30,5)22-29(32(28)27(24)10-7-2)25-12-15-26(16-13-25)35-21-20-23(4)8-3/h6,9,11-13,15-16,23,28-30H,7-8,10,14,17-22H2,1-5H3. The highest BCUT2D eigenvalue weighted by atomic mass is 16.5. The highest BCUT2D eigenvalue weighted by Gasteiger charge is 2.56. The molecule has 3 aliphatic rings. The van der Waals surface area contributed by atoms with E-state index in [1.54, 1.807) is 11.1 Å². The number of Topliss-reactive ketones (excluding diaryl/α,β-unsaturated/α-hetero) is 1. The van der Waals surface area contributed by atoms with E-state index < -0.39 is 0 Å². The second-order valence-corrected chi connectivity index (χ2v) is 11.5. The van der Waals surface area contributed by atoms with E-state index >= 15 is 0 Å². The first kappa shape index (κ1) is 26.0. The van der Waals surface area contributed by atoms with E-state index in [9.17, 15) is 4.79 Å². The SMILES string of the molecule is CC=CC=C1CCC2C(=C1CCC)C(c1ccc(OCCC(C)CC)cc1)CC1(C)C(=O)CCC21. The molecule has 4 rings (SSSR count). The number of allylic oxidation sites excluding steroid dienone is 6. The number of hydrogen-bond acceptors (Lipinski definition) is 2. The van der Waals surface area contributed by atoms with Crippen LogP contribution in [0, 0.1) is 23.2 Å². The number of ether oxygens (including phenoxy) is 1. The van der Waals surface area contributed by atoms with Crippen LogP contribution < -0.4 is 4.74 Å². The van der Waals surface area contributed by atoms with Crippen LogP contribution in [0.4, 0.5) is 0 Å². The lowest BCUT2D eigenvalue weighted by molar-refractivity contribution is -0.128. The number of carbonyl (C=O) groups is 1. The molecule has 2 saturated carbocycles. The first-order chi connectivity index (χ1) is 16.9. The lowest BCUT2D eigenvalue weighted by Crippen LogP contribution is -2.43. The fourth-order valence-electron chi connectivity index (χ4n) is 7.08. The third kappa shape index (κ3) is 5.23. The average molecular weight is 475 g/mol. The van der Waals surface area contributed by atoms with Crippen LogP contribution in [-0.2, 0) is 4.79 Å². The zero-order valence-electron chi connectivity index (χ0n) is 22.7. The predicted molar refractivity (Wildman–Crippen MR) is 147 cm³/mol. The molecule has 2 nitrogen and oxygen atoms in total. The molecule has 5 atom stereocenters. The van der Waals surface area contributed by atoms with Crippen molar-refractivity contribution >= 4 is 5.78 Å². The molecule has 2 fully saturated rings. The Morgan fingerprint density at radius 1 is 1.14 bits per heavy atom. The van der Waals surface area contributed by atoms with E-state index in [1.165, 1.54) is 24.0 Å². The molecule has 35 heavy (non-hydrogen) atoms.